The maximum absolute atomic E-state index is 2.39. The molecule has 4 heterocycles. The van der Waals surface area contributed by atoms with Gasteiger partial charge in [0.05, 0.1) is 77.4 Å². The topological polar surface area (TPSA) is 25.2 Å². The van der Waals surface area contributed by atoms with Gasteiger partial charge in [-0.3, -0.25) is 0 Å². The number of anilines is 3. The molecule has 0 aliphatic carbocycles. The smallest absolute Gasteiger partial charge is 0.169 e. The summed E-state index contributed by atoms with van der Waals surface area (Å²) < 4.78 is 11.4. The van der Waals surface area contributed by atoms with Crippen molar-refractivity contribution in [1.82, 2.24) is 0 Å². The first-order valence-electron chi connectivity index (χ1n) is 36.4. The second-order valence-corrected chi connectivity index (χ2v) is 34.4. The van der Waals surface area contributed by atoms with Gasteiger partial charge in [-0.2, -0.15) is 0 Å². The van der Waals surface area contributed by atoms with Crippen LogP contribution in [0.2, 0.25) is 0 Å². The Morgan fingerprint density at radius 3 is 0.941 bits per heavy atom. The summed E-state index contributed by atoms with van der Waals surface area (Å²) in [5, 5.41) is 5.13. The van der Waals surface area contributed by atoms with Gasteiger partial charge >= 0.3 is 0 Å². The molecule has 4 aromatic heterocycles. The highest BCUT2D eigenvalue weighted by atomic mass is 33.1. The van der Waals surface area contributed by atoms with Crippen molar-refractivity contribution in [2.24, 2.45) is 0 Å². The maximum atomic E-state index is 2.39. The summed E-state index contributed by atoms with van der Waals surface area (Å²) in [6.45, 7) is 13.6. The molecule has 10 rings (SSSR count). The molecule has 0 unspecified atom stereocenters. The number of hydrogen-bond acceptors (Lipinski definition) is 7. The molecule has 0 bridgehead atoms. The Morgan fingerprint density at radius 1 is 0.294 bits per heavy atom. The van der Waals surface area contributed by atoms with Crippen LogP contribution in [0.15, 0.2) is 219 Å². The standard InChI is InChI=1S/C46H68N6S2.C43H45N3S2/c1-47(2)45-21-17-41(18-22-45)13-15-43-25-31-49(32-26-43)29-9-11-35-51(5,6)37-39-53-54-40-38-52(7,8)36-12-10-30-50-33-27-44(28-34-50)16-14-42-19-23-46(24-20-42)48(3)4;1-33(2)38-13-14-39-29-36(9-11-41(39)31-38)7-5-34-17-21-45(22-18-34)25-27-47-48-28-26-46-23-19-35(20-24-46)6-8-37-10-12-42-32-43(44(3)4)16-15-40(42)30-37/h13-28,31-34H,9-12,29-30,35-40H2,1-8H3;5-24,29-33H,25-28H2,1-4H3/q+4;+2/b;7-5+. The van der Waals surface area contributed by atoms with E-state index in [-0.39, 0.29) is 0 Å². The molecule has 532 valence electrons. The summed E-state index contributed by atoms with van der Waals surface area (Å²) in [6.07, 6.45) is 40.1. The molecule has 0 amide bonds. The SMILES string of the molecule is CC(C)c1ccc2cc(/C=C/c3cc[n+](CCSSCC[n+]4ccc(/C=C/c5ccc6cc(N(C)C)ccc6c5)cc4)cc3)ccc2c1.CN(C)c1ccc(/C=C/c2cc[n+](CCCC[N+](C)(C)CCSSCC[N+](C)(C)CCCC[n+]3ccc(/C=C/c4ccc(N(C)C)cc4)cc3)cc2)cc1. The van der Waals surface area contributed by atoms with Crippen LogP contribution in [-0.2, 0) is 26.2 Å². The highest BCUT2D eigenvalue weighted by Gasteiger charge is 2.18. The van der Waals surface area contributed by atoms with Crippen LogP contribution in [0, 0.1) is 0 Å². The van der Waals surface area contributed by atoms with Gasteiger partial charge in [-0.15, -0.1) is 0 Å². The van der Waals surface area contributed by atoms with Crippen molar-refractivity contribution >= 4 is 130 Å². The maximum Gasteiger partial charge on any atom is 0.169 e. The first-order chi connectivity index (χ1) is 49.3. The predicted octanol–water partition coefficient (Wildman–Crippen LogP) is 18.7. The third-order valence-electron chi connectivity index (χ3n) is 18.7. The van der Waals surface area contributed by atoms with Gasteiger partial charge in [0.1, 0.15) is 13.1 Å². The molecule has 10 aromatic rings. The normalized spacial score (nSPS) is 12.0. The van der Waals surface area contributed by atoms with E-state index in [1.54, 1.807) is 0 Å². The number of quaternary nitrogens is 2. The highest BCUT2D eigenvalue weighted by molar-refractivity contribution is 8.77. The van der Waals surface area contributed by atoms with Crippen LogP contribution in [0.3, 0.4) is 0 Å². The Hall–Kier alpha value is -7.88. The van der Waals surface area contributed by atoms with Crippen LogP contribution in [0.5, 0.6) is 0 Å². The molecule has 13 heteroatoms. The summed E-state index contributed by atoms with van der Waals surface area (Å²) in [6, 6.07) is 61.7. The molecule has 0 atom stereocenters. The minimum absolute atomic E-state index is 0.551. The fourth-order valence-corrected chi connectivity index (χ4v) is 16.3. The lowest BCUT2D eigenvalue weighted by molar-refractivity contribution is -0.888. The number of aromatic nitrogens is 4. The summed E-state index contributed by atoms with van der Waals surface area (Å²) in [5.74, 6) is 5.14. The van der Waals surface area contributed by atoms with Crippen LogP contribution in [0.25, 0.3) is 70.2 Å². The van der Waals surface area contributed by atoms with Crippen LogP contribution < -0.4 is 33.0 Å². The molecule has 0 spiro atoms. The van der Waals surface area contributed by atoms with E-state index in [2.05, 4.69) is 407 Å². The zero-order valence-corrected chi connectivity index (χ0v) is 66.2. The predicted molar refractivity (Wildman–Crippen MR) is 452 cm³/mol. The van der Waals surface area contributed by atoms with Crippen molar-refractivity contribution < 1.29 is 27.2 Å². The quantitative estimate of drug-likeness (QED) is 0.0167. The fourth-order valence-electron chi connectivity index (χ4n) is 11.8. The molecule has 0 N–H and O–H groups in total. The summed E-state index contributed by atoms with van der Waals surface area (Å²) in [4.78, 5) is 6.39. The minimum Gasteiger partial charge on any atom is -0.378 e. The molecule has 102 heavy (non-hydrogen) atoms. The van der Waals surface area contributed by atoms with Gasteiger partial charge in [0.2, 0.25) is 0 Å². The van der Waals surface area contributed by atoms with Gasteiger partial charge in [0.15, 0.2) is 62.7 Å². The van der Waals surface area contributed by atoms with Gasteiger partial charge < -0.3 is 23.7 Å². The molecule has 9 nitrogen and oxygen atoms in total. The lowest BCUT2D eigenvalue weighted by atomic mass is 9.98. The van der Waals surface area contributed by atoms with Gasteiger partial charge in [0.25, 0.3) is 0 Å². The lowest BCUT2D eigenvalue weighted by Crippen LogP contribution is -2.43. The van der Waals surface area contributed by atoms with Crippen LogP contribution in [0.4, 0.5) is 17.1 Å². The number of hydrogen-bond donors (Lipinski definition) is 0. The van der Waals surface area contributed by atoms with Gasteiger partial charge in [-0.25, -0.2) is 18.3 Å². The van der Waals surface area contributed by atoms with E-state index in [1.165, 1.54) is 152 Å². The Labute approximate surface area is 628 Å². The molecular weight excluding hydrogens is 1320 g/mol. The Morgan fingerprint density at radius 2 is 0.578 bits per heavy atom. The second kappa shape index (κ2) is 40.2. The average molecular weight is 1440 g/mol. The van der Waals surface area contributed by atoms with Crippen molar-refractivity contribution in [3.63, 3.8) is 0 Å². The fraction of sp³-hybridized carbons (Fsp3) is 0.326. The summed E-state index contributed by atoms with van der Waals surface area (Å²) in [5.41, 5.74) is 14.9. The number of nitrogens with zero attached hydrogens (tertiary/aromatic N) is 9. The zero-order chi connectivity index (χ0) is 72.1. The molecule has 0 saturated heterocycles. The van der Waals surface area contributed by atoms with Crippen molar-refractivity contribution in [2.75, 3.05) is 134 Å². The van der Waals surface area contributed by atoms with E-state index >= 15 is 0 Å². The third kappa shape index (κ3) is 27.1. The van der Waals surface area contributed by atoms with E-state index in [9.17, 15) is 0 Å². The second-order valence-electron chi connectivity index (χ2n) is 29.0. The summed E-state index contributed by atoms with van der Waals surface area (Å²) >= 11 is 0. The Bertz CT molecular complexity index is 4000. The minimum atomic E-state index is 0.551. The van der Waals surface area contributed by atoms with Crippen LogP contribution in [-0.4, -0.2) is 129 Å². The Kier molecular flexibility index (Phi) is 30.9. The monoisotopic (exact) mass is 1440 g/mol. The summed E-state index contributed by atoms with van der Waals surface area (Å²) in [7, 11) is 30.0. The zero-order valence-electron chi connectivity index (χ0n) is 63.0. The van der Waals surface area contributed by atoms with Gasteiger partial charge in [-0.1, -0.05) is 178 Å². The van der Waals surface area contributed by atoms with Crippen LogP contribution in [0.1, 0.15) is 95.5 Å². The van der Waals surface area contributed by atoms with E-state index in [1.807, 2.05) is 21.6 Å². The molecule has 0 aliphatic heterocycles. The van der Waals surface area contributed by atoms with Gasteiger partial charge in [-0.05, 0) is 126 Å². The highest BCUT2D eigenvalue weighted by Crippen LogP contribution is 2.27. The Balaban J connectivity index is 0.000000239. The lowest BCUT2D eigenvalue weighted by Gasteiger charge is -2.30. The van der Waals surface area contributed by atoms with E-state index in [0.717, 1.165) is 46.7 Å². The van der Waals surface area contributed by atoms with E-state index in [4.69, 9.17) is 0 Å². The number of aryl methyl sites for hydroxylation is 4. The number of fused-ring (bicyclic) bond motifs is 2. The van der Waals surface area contributed by atoms with Crippen molar-refractivity contribution in [3.8, 4) is 0 Å². The van der Waals surface area contributed by atoms with E-state index in [0.29, 0.717) is 5.92 Å². The molecule has 0 radical (unpaired) electrons. The third-order valence-corrected chi connectivity index (χ3v) is 23.5. The largest absolute Gasteiger partial charge is 0.378 e. The van der Waals surface area contributed by atoms with Crippen molar-refractivity contribution in [2.45, 2.75) is 71.6 Å². The van der Waals surface area contributed by atoms with Crippen molar-refractivity contribution in [1.29, 1.82) is 0 Å². The number of unbranched alkanes of at least 4 members (excludes halogenated alkanes) is 2. The number of benzene rings is 6. The first-order valence-corrected chi connectivity index (χ1v) is 41.4. The average Bonchev–Trinajstić information content (AvgIpc) is 0.826. The van der Waals surface area contributed by atoms with Crippen LogP contribution >= 0.6 is 43.2 Å². The van der Waals surface area contributed by atoms with Crippen molar-refractivity contribution in [3.05, 3.63) is 270 Å². The van der Waals surface area contributed by atoms with E-state index < -0.39 is 0 Å². The molecule has 6 aromatic carbocycles. The number of pyridine rings is 4. The molecule has 0 saturated carbocycles. The number of rotatable bonds is 36. The first kappa shape index (κ1) is 78.3. The molecule has 0 fully saturated rings. The van der Waals surface area contributed by atoms with Gasteiger partial charge in [0, 0.05) is 134 Å². The molecular formula is C89H113N9S4+6. The molecule has 0 aliphatic rings.